The maximum absolute atomic E-state index is 13.2. The number of rotatable bonds is 10. The van der Waals surface area contributed by atoms with Gasteiger partial charge in [-0.1, -0.05) is 25.0 Å². The normalized spacial score (nSPS) is 18.5. The lowest BCUT2D eigenvalue weighted by atomic mass is 10.1. The zero-order chi connectivity index (χ0) is 18.1. The number of esters is 1. The first-order valence-electron chi connectivity index (χ1n) is 9.05. The Morgan fingerprint density at radius 1 is 1.24 bits per heavy atom. The summed E-state index contributed by atoms with van der Waals surface area (Å²) in [4.78, 5) is 23.0. The molecule has 0 heterocycles. The van der Waals surface area contributed by atoms with Crippen LogP contribution in [0.25, 0.3) is 0 Å². The first kappa shape index (κ1) is 19.2. The number of unbranched alkanes of at least 4 members (excludes halogenated alkanes) is 3. The van der Waals surface area contributed by atoms with E-state index in [1.807, 2.05) is 6.07 Å². The summed E-state index contributed by atoms with van der Waals surface area (Å²) < 4.78 is 18.1. The highest BCUT2D eigenvalue weighted by atomic mass is 19.1. The first-order chi connectivity index (χ1) is 12.1. The van der Waals surface area contributed by atoms with Gasteiger partial charge in [0.05, 0.1) is 6.61 Å². The van der Waals surface area contributed by atoms with E-state index in [1.165, 1.54) is 12.1 Å². The Bertz CT molecular complexity index is 580. The SMILES string of the molecule is CCOC(=O)CCCCCCNC(=O)N[C@H]1C[C@H]1c1cccc(F)c1. The zero-order valence-corrected chi connectivity index (χ0v) is 14.7. The maximum Gasteiger partial charge on any atom is 0.315 e. The van der Waals surface area contributed by atoms with E-state index < -0.39 is 0 Å². The van der Waals surface area contributed by atoms with Gasteiger partial charge in [0.1, 0.15) is 5.82 Å². The molecule has 25 heavy (non-hydrogen) atoms. The highest BCUT2D eigenvalue weighted by molar-refractivity contribution is 5.74. The average molecular weight is 350 g/mol. The number of nitrogens with one attached hydrogen (secondary N) is 2. The van der Waals surface area contributed by atoms with Gasteiger partial charge in [-0.2, -0.15) is 0 Å². The molecule has 0 saturated heterocycles. The van der Waals surface area contributed by atoms with E-state index >= 15 is 0 Å². The van der Waals surface area contributed by atoms with Crippen molar-refractivity contribution >= 4 is 12.0 Å². The lowest BCUT2D eigenvalue weighted by Crippen LogP contribution is -2.37. The second kappa shape index (κ2) is 10.0. The van der Waals surface area contributed by atoms with Crippen molar-refractivity contribution in [2.75, 3.05) is 13.2 Å². The summed E-state index contributed by atoms with van der Waals surface area (Å²) in [5.41, 5.74) is 0.937. The summed E-state index contributed by atoms with van der Waals surface area (Å²) in [6, 6.07) is 6.46. The Labute approximate surface area is 148 Å². The van der Waals surface area contributed by atoms with Gasteiger partial charge >= 0.3 is 12.0 Å². The average Bonchev–Trinajstić information content (AvgIpc) is 3.33. The van der Waals surface area contributed by atoms with E-state index in [4.69, 9.17) is 4.74 Å². The predicted molar refractivity (Wildman–Crippen MR) is 93.8 cm³/mol. The van der Waals surface area contributed by atoms with Crippen LogP contribution in [0.1, 0.15) is 56.9 Å². The molecule has 0 aromatic heterocycles. The Morgan fingerprint density at radius 2 is 2.04 bits per heavy atom. The molecule has 1 aliphatic carbocycles. The largest absolute Gasteiger partial charge is 0.466 e. The van der Waals surface area contributed by atoms with Crippen molar-refractivity contribution < 1.29 is 18.7 Å². The van der Waals surface area contributed by atoms with E-state index in [2.05, 4.69) is 10.6 Å². The van der Waals surface area contributed by atoms with Crippen LogP contribution in [0.5, 0.6) is 0 Å². The van der Waals surface area contributed by atoms with Crippen LogP contribution in [0.3, 0.4) is 0 Å². The molecule has 6 heteroatoms. The fourth-order valence-electron chi connectivity index (χ4n) is 2.86. The molecule has 1 aromatic rings. The van der Waals surface area contributed by atoms with Gasteiger partial charge in [-0.15, -0.1) is 0 Å². The molecule has 1 aromatic carbocycles. The monoisotopic (exact) mass is 350 g/mol. The third-order valence-electron chi connectivity index (χ3n) is 4.28. The Kier molecular flexibility index (Phi) is 7.70. The first-order valence-corrected chi connectivity index (χ1v) is 9.05. The highest BCUT2D eigenvalue weighted by Gasteiger charge is 2.39. The topological polar surface area (TPSA) is 67.4 Å². The van der Waals surface area contributed by atoms with Crippen molar-refractivity contribution in [3.05, 3.63) is 35.6 Å². The fraction of sp³-hybridized carbons (Fsp3) is 0.579. The van der Waals surface area contributed by atoms with Crippen LogP contribution in [0.15, 0.2) is 24.3 Å². The van der Waals surface area contributed by atoms with Gasteiger partial charge in [-0.25, -0.2) is 9.18 Å². The van der Waals surface area contributed by atoms with Crippen LogP contribution < -0.4 is 10.6 Å². The van der Waals surface area contributed by atoms with Crippen molar-refractivity contribution in [3.8, 4) is 0 Å². The van der Waals surface area contributed by atoms with Gasteiger partial charge in [0, 0.05) is 24.9 Å². The van der Waals surface area contributed by atoms with E-state index in [0.29, 0.717) is 19.6 Å². The van der Waals surface area contributed by atoms with E-state index in [9.17, 15) is 14.0 Å². The maximum atomic E-state index is 13.2. The third kappa shape index (κ3) is 7.11. The molecule has 0 bridgehead atoms. The van der Waals surface area contributed by atoms with Crippen molar-refractivity contribution in [3.63, 3.8) is 0 Å². The third-order valence-corrected chi connectivity index (χ3v) is 4.28. The van der Waals surface area contributed by atoms with Crippen LogP contribution in [0.2, 0.25) is 0 Å². The van der Waals surface area contributed by atoms with Crippen LogP contribution in [0, 0.1) is 5.82 Å². The molecule has 2 amide bonds. The van der Waals surface area contributed by atoms with Gasteiger partial charge in [-0.05, 0) is 43.9 Å². The second-order valence-corrected chi connectivity index (χ2v) is 6.37. The number of ether oxygens (including phenoxy) is 1. The van der Waals surface area contributed by atoms with Crippen molar-refractivity contribution in [1.82, 2.24) is 10.6 Å². The number of carbonyl (C=O) groups excluding carboxylic acids is 2. The summed E-state index contributed by atoms with van der Waals surface area (Å²) in [5, 5.41) is 5.76. The minimum atomic E-state index is -0.240. The number of carbonyl (C=O) groups is 2. The Morgan fingerprint density at radius 3 is 2.80 bits per heavy atom. The quantitative estimate of drug-likeness (QED) is 0.501. The number of urea groups is 1. The Hall–Kier alpha value is -2.11. The fourth-order valence-corrected chi connectivity index (χ4v) is 2.86. The van der Waals surface area contributed by atoms with Gasteiger partial charge in [0.25, 0.3) is 0 Å². The molecule has 138 valence electrons. The van der Waals surface area contributed by atoms with Gasteiger partial charge in [0.15, 0.2) is 0 Å². The van der Waals surface area contributed by atoms with Gasteiger partial charge in [0.2, 0.25) is 0 Å². The van der Waals surface area contributed by atoms with E-state index in [1.54, 1.807) is 13.0 Å². The second-order valence-electron chi connectivity index (χ2n) is 6.37. The predicted octanol–water partition coefficient (Wildman–Crippen LogP) is 3.49. The van der Waals surface area contributed by atoms with Gasteiger partial charge < -0.3 is 15.4 Å². The smallest absolute Gasteiger partial charge is 0.315 e. The summed E-state index contributed by atoms with van der Waals surface area (Å²) in [5.74, 6) is -0.169. The van der Waals surface area contributed by atoms with Gasteiger partial charge in [-0.3, -0.25) is 4.79 Å². The Balaban J connectivity index is 1.49. The molecular weight excluding hydrogens is 323 g/mol. The number of benzene rings is 1. The van der Waals surface area contributed by atoms with Crippen molar-refractivity contribution in [2.45, 2.75) is 57.4 Å². The zero-order valence-electron chi connectivity index (χ0n) is 14.7. The van der Waals surface area contributed by atoms with Crippen molar-refractivity contribution in [2.24, 2.45) is 0 Å². The summed E-state index contributed by atoms with van der Waals surface area (Å²) in [7, 11) is 0. The molecule has 1 aliphatic rings. The molecule has 0 spiro atoms. The minimum Gasteiger partial charge on any atom is -0.466 e. The summed E-state index contributed by atoms with van der Waals surface area (Å²) in [6.07, 6.45) is 4.94. The molecular formula is C19H27FN2O3. The minimum absolute atomic E-state index is 0.0892. The molecule has 1 saturated carbocycles. The molecule has 1 fully saturated rings. The van der Waals surface area contributed by atoms with Crippen LogP contribution in [0.4, 0.5) is 9.18 Å². The molecule has 2 N–H and O–H groups in total. The lowest BCUT2D eigenvalue weighted by molar-refractivity contribution is -0.143. The number of hydrogen-bond acceptors (Lipinski definition) is 3. The number of hydrogen-bond donors (Lipinski definition) is 2. The van der Waals surface area contributed by atoms with Crippen molar-refractivity contribution in [1.29, 1.82) is 0 Å². The van der Waals surface area contributed by atoms with Crippen LogP contribution >= 0.6 is 0 Å². The molecule has 5 nitrogen and oxygen atoms in total. The standard InChI is InChI=1S/C19H27FN2O3/c1-2-25-18(23)10-5-3-4-6-11-21-19(24)22-17-13-16(17)14-8-7-9-15(20)12-14/h7-9,12,16-17H,2-6,10-11,13H2,1H3,(H2,21,22,24)/t16-,17-/m0/s1. The molecule has 2 atom stereocenters. The lowest BCUT2D eigenvalue weighted by Gasteiger charge is -2.07. The molecule has 0 aliphatic heterocycles. The van der Waals surface area contributed by atoms with E-state index in [0.717, 1.165) is 37.7 Å². The van der Waals surface area contributed by atoms with E-state index in [-0.39, 0.29) is 29.8 Å². The van der Waals surface area contributed by atoms with Crippen LogP contribution in [-0.4, -0.2) is 31.2 Å². The summed E-state index contributed by atoms with van der Waals surface area (Å²) in [6.45, 7) is 2.85. The molecule has 0 unspecified atom stereocenters. The number of halogens is 1. The number of amides is 2. The summed E-state index contributed by atoms with van der Waals surface area (Å²) >= 11 is 0. The molecule has 0 radical (unpaired) electrons. The molecule has 2 rings (SSSR count). The van der Waals surface area contributed by atoms with Crippen LogP contribution in [-0.2, 0) is 9.53 Å². The highest BCUT2D eigenvalue weighted by Crippen LogP contribution is 2.40.